The molecule has 0 aliphatic carbocycles. The smallest absolute Gasteiger partial charge is 0.124 e. The van der Waals surface area contributed by atoms with Crippen LogP contribution in [0.2, 0.25) is 0 Å². The Hall–Kier alpha value is -1.15. The Morgan fingerprint density at radius 1 is 1.29 bits per heavy atom. The van der Waals surface area contributed by atoms with Crippen LogP contribution in [0.15, 0.2) is 30.3 Å². The molecule has 2 atom stereocenters. The van der Waals surface area contributed by atoms with Gasteiger partial charge < -0.3 is 10.1 Å². The van der Waals surface area contributed by atoms with E-state index >= 15 is 0 Å². The second kappa shape index (κ2) is 4.38. The molecule has 1 N–H and O–H groups in total. The number of rotatable bonds is 2. The van der Waals surface area contributed by atoms with E-state index in [0.717, 1.165) is 25.7 Å². The average molecular weight is 189 g/mol. The van der Waals surface area contributed by atoms with E-state index in [4.69, 9.17) is 0 Å². The highest BCUT2D eigenvalue weighted by atomic mass is 16.1. The molecule has 1 aliphatic rings. The highest BCUT2D eigenvalue weighted by Gasteiger charge is 2.24. The molecule has 0 aromatic heterocycles. The van der Waals surface area contributed by atoms with Gasteiger partial charge >= 0.3 is 0 Å². The van der Waals surface area contributed by atoms with Crippen LogP contribution in [0.5, 0.6) is 0 Å². The van der Waals surface area contributed by atoms with Crippen molar-refractivity contribution < 1.29 is 4.79 Å². The largest absolute Gasteiger partial charge is 0.309 e. The molecule has 1 fully saturated rings. The lowest BCUT2D eigenvalue weighted by atomic mass is 9.87. The van der Waals surface area contributed by atoms with Gasteiger partial charge in [0.25, 0.3) is 0 Å². The van der Waals surface area contributed by atoms with Gasteiger partial charge in [0, 0.05) is 12.0 Å². The summed E-state index contributed by atoms with van der Waals surface area (Å²) in [6.45, 7) is 1.02. The van der Waals surface area contributed by atoms with Crippen molar-refractivity contribution in [3.05, 3.63) is 35.9 Å². The molecule has 0 radical (unpaired) electrons. The predicted molar refractivity (Wildman–Crippen MR) is 56.0 cm³/mol. The molecule has 2 unspecified atom stereocenters. The van der Waals surface area contributed by atoms with Gasteiger partial charge in [0.1, 0.15) is 6.29 Å². The fraction of sp³-hybridized carbons (Fsp3) is 0.417. The molecule has 2 heteroatoms. The molecular weight excluding hydrogens is 174 g/mol. The number of carbonyl (C=O) groups is 1. The quantitative estimate of drug-likeness (QED) is 0.720. The average Bonchev–Trinajstić information content (AvgIpc) is 2.30. The predicted octanol–water partition coefficient (Wildman–Crippen LogP) is 1.93. The number of nitrogens with one attached hydrogen (secondary N) is 1. The zero-order chi connectivity index (χ0) is 9.80. The monoisotopic (exact) mass is 189 g/mol. The van der Waals surface area contributed by atoms with Crippen LogP contribution in [0.3, 0.4) is 0 Å². The van der Waals surface area contributed by atoms with Crippen LogP contribution < -0.4 is 5.32 Å². The third kappa shape index (κ3) is 1.85. The molecule has 14 heavy (non-hydrogen) atoms. The summed E-state index contributed by atoms with van der Waals surface area (Å²) < 4.78 is 0. The van der Waals surface area contributed by atoms with Crippen LogP contribution in [-0.2, 0) is 4.79 Å². The van der Waals surface area contributed by atoms with Crippen molar-refractivity contribution in [3.63, 3.8) is 0 Å². The molecule has 1 aliphatic heterocycles. The SMILES string of the molecule is O=CC1CCCNC1c1ccccc1. The minimum atomic E-state index is 0.145. The molecule has 0 spiro atoms. The summed E-state index contributed by atoms with van der Waals surface area (Å²) in [6.07, 6.45) is 3.20. The summed E-state index contributed by atoms with van der Waals surface area (Å²) in [5.74, 6) is 0.145. The first kappa shape index (κ1) is 9.41. The van der Waals surface area contributed by atoms with Gasteiger partial charge in [-0.25, -0.2) is 0 Å². The number of hydrogen-bond acceptors (Lipinski definition) is 2. The van der Waals surface area contributed by atoms with Gasteiger partial charge in [0.15, 0.2) is 0 Å². The van der Waals surface area contributed by atoms with Crippen LogP contribution in [0.1, 0.15) is 24.4 Å². The summed E-state index contributed by atoms with van der Waals surface area (Å²) in [7, 11) is 0. The topological polar surface area (TPSA) is 29.1 Å². The third-order valence-electron chi connectivity index (χ3n) is 2.84. The standard InChI is InChI=1S/C12H15NO/c14-9-11-7-4-8-13-12(11)10-5-2-1-3-6-10/h1-3,5-6,9,11-13H,4,7-8H2. The summed E-state index contributed by atoms with van der Waals surface area (Å²) in [5, 5.41) is 3.41. The lowest BCUT2D eigenvalue weighted by Crippen LogP contribution is -2.34. The Morgan fingerprint density at radius 2 is 2.07 bits per heavy atom. The first-order valence-electron chi connectivity index (χ1n) is 5.15. The summed E-state index contributed by atoms with van der Waals surface area (Å²) in [4.78, 5) is 10.9. The van der Waals surface area contributed by atoms with E-state index in [9.17, 15) is 4.79 Å². The molecule has 2 nitrogen and oxygen atoms in total. The molecule has 1 aromatic carbocycles. The zero-order valence-corrected chi connectivity index (χ0v) is 8.15. The number of aldehydes is 1. The normalized spacial score (nSPS) is 27.1. The summed E-state index contributed by atoms with van der Waals surface area (Å²) >= 11 is 0. The first-order chi connectivity index (χ1) is 6.92. The van der Waals surface area contributed by atoms with Gasteiger partial charge in [-0.1, -0.05) is 30.3 Å². The van der Waals surface area contributed by atoms with Crippen molar-refractivity contribution in [1.29, 1.82) is 0 Å². The van der Waals surface area contributed by atoms with Crippen molar-refractivity contribution in [2.45, 2.75) is 18.9 Å². The lowest BCUT2D eigenvalue weighted by molar-refractivity contribution is -0.112. The highest BCUT2D eigenvalue weighted by molar-refractivity contribution is 5.56. The molecule has 0 saturated carbocycles. The van der Waals surface area contributed by atoms with Crippen molar-refractivity contribution in [3.8, 4) is 0 Å². The lowest BCUT2D eigenvalue weighted by Gasteiger charge is -2.29. The Morgan fingerprint density at radius 3 is 2.79 bits per heavy atom. The molecule has 1 aromatic rings. The number of hydrogen-bond donors (Lipinski definition) is 1. The molecule has 74 valence electrons. The Kier molecular flexibility index (Phi) is 2.94. The maximum Gasteiger partial charge on any atom is 0.124 e. The van der Waals surface area contributed by atoms with Crippen LogP contribution in [0.25, 0.3) is 0 Å². The van der Waals surface area contributed by atoms with E-state index < -0.39 is 0 Å². The van der Waals surface area contributed by atoms with Crippen LogP contribution >= 0.6 is 0 Å². The highest BCUT2D eigenvalue weighted by Crippen LogP contribution is 2.27. The Balaban J connectivity index is 2.19. The number of piperidine rings is 1. The van der Waals surface area contributed by atoms with Crippen molar-refractivity contribution in [1.82, 2.24) is 5.32 Å². The first-order valence-corrected chi connectivity index (χ1v) is 5.15. The van der Waals surface area contributed by atoms with Gasteiger partial charge in [-0.3, -0.25) is 0 Å². The van der Waals surface area contributed by atoms with E-state index in [1.54, 1.807) is 0 Å². The maximum atomic E-state index is 10.9. The summed E-state index contributed by atoms with van der Waals surface area (Å²) in [5.41, 5.74) is 1.23. The zero-order valence-electron chi connectivity index (χ0n) is 8.15. The second-order valence-electron chi connectivity index (χ2n) is 3.78. The Bertz CT molecular complexity index is 296. The van der Waals surface area contributed by atoms with E-state index in [1.807, 2.05) is 18.2 Å². The van der Waals surface area contributed by atoms with Gasteiger partial charge in [-0.15, -0.1) is 0 Å². The van der Waals surface area contributed by atoms with Crippen molar-refractivity contribution >= 4 is 6.29 Å². The molecule has 1 heterocycles. The van der Waals surface area contributed by atoms with E-state index in [2.05, 4.69) is 17.4 Å². The molecule has 0 bridgehead atoms. The third-order valence-corrected chi connectivity index (χ3v) is 2.84. The molecular formula is C12H15NO. The van der Waals surface area contributed by atoms with Gasteiger partial charge in [0.05, 0.1) is 0 Å². The molecule has 0 amide bonds. The summed E-state index contributed by atoms with van der Waals surface area (Å²) in [6, 6.07) is 10.4. The van der Waals surface area contributed by atoms with Crippen molar-refractivity contribution in [2.24, 2.45) is 5.92 Å². The van der Waals surface area contributed by atoms with Gasteiger partial charge in [0.2, 0.25) is 0 Å². The number of carbonyl (C=O) groups excluding carboxylic acids is 1. The van der Waals surface area contributed by atoms with E-state index in [0.29, 0.717) is 0 Å². The maximum absolute atomic E-state index is 10.9. The van der Waals surface area contributed by atoms with Crippen molar-refractivity contribution in [2.75, 3.05) is 6.54 Å². The fourth-order valence-electron chi connectivity index (χ4n) is 2.09. The second-order valence-corrected chi connectivity index (χ2v) is 3.78. The van der Waals surface area contributed by atoms with Gasteiger partial charge in [-0.2, -0.15) is 0 Å². The van der Waals surface area contributed by atoms with Crippen LogP contribution in [-0.4, -0.2) is 12.8 Å². The molecule has 2 rings (SSSR count). The van der Waals surface area contributed by atoms with Gasteiger partial charge in [-0.05, 0) is 24.9 Å². The molecule has 1 saturated heterocycles. The van der Waals surface area contributed by atoms with Crippen LogP contribution in [0.4, 0.5) is 0 Å². The number of benzene rings is 1. The van der Waals surface area contributed by atoms with E-state index in [1.165, 1.54) is 5.56 Å². The van der Waals surface area contributed by atoms with Crippen LogP contribution in [0, 0.1) is 5.92 Å². The Labute approximate surface area is 84.3 Å². The van der Waals surface area contributed by atoms with E-state index in [-0.39, 0.29) is 12.0 Å². The minimum Gasteiger partial charge on any atom is -0.309 e. The minimum absolute atomic E-state index is 0.145. The fourth-order valence-corrected chi connectivity index (χ4v) is 2.09.